The highest BCUT2D eigenvalue weighted by Crippen LogP contribution is 2.20. The Bertz CT molecular complexity index is 613. The van der Waals surface area contributed by atoms with Crippen LogP contribution in [0.4, 0.5) is 0 Å². The molecule has 0 amide bonds. The van der Waals surface area contributed by atoms with Crippen molar-refractivity contribution >= 4 is 15.9 Å². The summed E-state index contributed by atoms with van der Waals surface area (Å²) in [5, 5.41) is 10.4. The van der Waals surface area contributed by atoms with E-state index in [2.05, 4.69) is 27.8 Å². The van der Waals surface area contributed by atoms with Gasteiger partial charge in [-0.25, -0.2) is 0 Å². The van der Waals surface area contributed by atoms with Crippen molar-refractivity contribution < 1.29 is 5.11 Å². The van der Waals surface area contributed by atoms with Crippen LogP contribution in [-0.2, 0) is 5.60 Å². The summed E-state index contributed by atoms with van der Waals surface area (Å²) in [4.78, 5) is 0. The van der Waals surface area contributed by atoms with Crippen molar-refractivity contribution in [2.45, 2.75) is 19.4 Å². The molecule has 1 unspecified atom stereocenters. The molecule has 0 aliphatic rings. The number of hydrogen-bond acceptors (Lipinski definition) is 1. The predicted octanol–water partition coefficient (Wildman–Crippen LogP) is 4.02. The third-order valence-corrected chi connectivity index (χ3v) is 3.44. The standard InChI is InChI=1S/C17H15BrO/c1-13-3-7-15(8-4-13)17(2,19)12-11-14-5-9-16(18)10-6-14/h3-10,19H,1-2H3. The number of rotatable bonds is 1. The Morgan fingerprint density at radius 1 is 1.00 bits per heavy atom. The Hall–Kier alpha value is -1.56. The molecule has 1 atom stereocenters. The maximum absolute atomic E-state index is 10.4. The molecule has 0 heterocycles. The van der Waals surface area contributed by atoms with Gasteiger partial charge in [0.15, 0.2) is 0 Å². The second-order valence-corrected chi connectivity index (χ2v) is 5.61. The molecule has 96 valence electrons. The molecule has 0 radical (unpaired) electrons. The monoisotopic (exact) mass is 314 g/mol. The molecule has 0 aliphatic carbocycles. The van der Waals surface area contributed by atoms with Crippen LogP contribution in [0, 0.1) is 18.8 Å². The molecule has 2 rings (SSSR count). The van der Waals surface area contributed by atoms with Gasteiger partial charge in [0, 0.05) is 10.0 Å². The van der Waals surface area contributed by atoms with Crippen LogP contribution < -0.4 is 0 Å². The first-order chi connectivity index (χ1) is 8.97. The van der Waals surface area contributed by atoms with Crippen molar-refractivity contribution in [1.82, 2.24) is 0 Å². The van der Waals surface area contributed by atoms with E-state index in [9.17, 15) is 5.11 Å². The fourth-order valence-corrected chi connectivity index (χ4v) is 1.94. The van der Waals surface area contributed by atoms with E-state index in [4.69, 9.17) is 0 Å². The summed E-state index contributed by atoms with van der Waals surface area (Å²) >= 11 is 3.38. The van der Waals surface area contributed by atoms with E-state index in [1.807, 2.05) is 55.5 Å². The van der Waals surface area contributed by atoms with Gasteiger partial charge in [-0.3, -0.25) is 0 Å². The second kappa shape index (κ2) is 5.61. The summed E-state index contributed by atoms with van der Waals surface area (Å²) < 4.78 is 1.02. The molecule has 2 aromatic rings. The van der Waals surface area contributed by atoms with Gasteiger partial charge in [0.2, 0.25) is 0 Å². The minimum absolute atomic E-state index is 0.808. The normalized spacial score (nSPS) is 13.3. The van der Waals surface area contributed by atoms with Crippen molar-refractivity contribution in [1.29, 1.82) is 0 Å². The second-order valence-electron chi connectivity index (χ2n) is 4.70. The number of hydrogen-bond donors (Lipinski definition) is 1. The third kappa shape index (κ3) is 3.70. The summed E-state index contributed by atoms with van der Waals surface area (Å²) in [6.07, 6.45) is 0. The van der Waals surface area contributed by atoms with Crippen molar-refractivity contribution in [3.8, 4) is 11.8 Å². The van der Waals surface area contributed by atoms with E-state index >= 15 is 0 Å². The van der Waals surface area contributed by atoms with Crippen molar-refractivity contribution in [3.63, 3.8) is 0 Å². The molecular formula is C17H15BrO. The van der Waals surface area contributed by atoms with Crippen molar-refractivity contribution in [2.24, 2.45) is 0 Å². The molecule has 2 heteroatoms. The molecule has 0 fully saturated rings. The van der Waals surface area contributed by atoms with E-state index in [1.165, 1.54) is 5.56 Å². The zero-order valence-corrected chi connectivity index (χ0v) is 12.5. The van der Waals surface area contributed by atoms with Gasteiger partial charge < -0.3 is 5.11 Å². The average molecular weight is 315 g/mol. The lowest BCUT2D eigenvalue weighted by atomic mass is 9.95. The highest BCUT2D eigenvalue weighted by Gasteiger charge is 2.19. The topological polar surface area (TPSA) is 20.2 Å². The van der Waals surface area contributed by atoms with Gasteiger partial charge in [-0.05, 0) is 43.7 Å². The van der Waals surface area contributed by atoms with Gasteiger partial charge in [0.05, 0.1) is 0 Å². The van der Waals surface area contributed by atoms with Gasteiger partial charge >= 0.3 is 0 Å². The highest BCUT2D eigenvalue weighted by atomic mass is 79.9. The van der Waals surface area contributed by atoms with E-state index < -0.39 is 5.60 Å². The van der Waals surface area contributed by atoms with Crippen LogP contribution in [0.1, 0.15) is 23.6 Å². The molecule has 0 aliphatic heterocycles. The summed E-state index contributed by atoms with van der Waals surface area (Å²) in [6.45, 7) is 3.73. The number of aliphatic hydroxyl groups is 1. The van der Waals surface area contributed by atoms with Gasteiger partial charge in [0.1, 0.15) is 5.60 Å². The Morgan fingerprint density at radius 3 is 2.16 bits per heavy atom. The van der Waals surface area contributed by atoms with Crippen LogP contribution in [0.15, 0.2) is 53.0 Å². The zero-order valence-electron chi connectivity index (χ0n) is 10.9. The van der Waals surface area contributed by atoms with E-state index in [1.54, 1.807) is 6.92 Å². The van der Waals surface area contributed by atoms with Crippen LogP contribution in [0.5, 0.6) is 0 Å². The van der Waals surface area contributed by atoms with Crippen LogP contribution in [0.25, 0.3) is 0 Å². The minimum atomic E-state index is -1.14. The first-order valence-electron chi connectivity index (χ1n) is 6.06. The Morgan fingerprint density at radius 2 is 1.58 bits per heavy atom. The molecule has 2 aromatic carbocycles. The van der Waals surface area contributed by atoms with Crippen molar-refractivity contribution in [2.75, 3.05) is 0 Å². The lowest BCUT2D eigenvalue weighted by Crippen LogP contribution is -2.18. The van der Waals surface area contributed by atoms with Gasteiger partial charge in [-0.1, -0.05) is 57.6 Å². The SMILES string of the molecule is Cc1ccc(C(C)(O)C#Cc2ccc(Br)cc2)cc1. The maximum Gasteiger partial charge on any atom is 0.148 e. The first kappa shape index (κ1) is 13.9. The summed E-state index contributed by atoms with van der Waals surface area (Å²) in [5.74, 6) is 5.93. The van der Waals surface area contributed by atoms with E-state index in [-0.39, 0.29) is 0 Å². The van der Waals surface area contributed by atoms with E-state index in [0.29, 0.717) is 0 Å². The van der Waals surface area contributed by atoms with Crippen LogP contribution in [-0.4, -0.2) is 5.11 Å². The van der Waals surface area contributed by atoms with Crippen LogP contribution in [0.2, 0.25) is 0 Å². The van der Waals surface area contributed by atoms with Crippen LogP contribution in [0.3, 0.4) is 0 Å². The Balaban J connectivity index is 2.26. The quantitative estimate of drug-likeness (QED) is 0.788. The third-order valence-electron chi connectivity index (χ3n) is 2.91. The van der Waals surface area contributed by atoms with Gasteiger partial charge in [-0.15, -0.1) is 0 Å². The number of aryl methyl sites for hydroxylation is 1. The smallest absolute Gasteiger partial charge is 0.148 e. The fourth-order valence-electron chi connectivity index (χ4n) is 1.68. The Kier molecular flexibility index (Phi) is 4.09. The predicted molar refractivity (Wildman–Crippen MR) is 81.8 cm³/mol. The van der Waals surface area contributed by atoms with Gasteiger partial charge in [-0.2, -0.15) is 0 Å². The number of halogens is 1. The van der Waals surface area contributed by atoms with Crippen molar-refractivity contribution in [3.05, 3.63) is 69.7 Å². The molecule has 1 N–H and O–H groups in total. The lowest BCUT2D eigenvalue weighted by molar-refractivity contribution is 0.122. The first-order valence-corrected chi connectivity index (χ1v) is 6.85. The maximum atomic E-state index is 10.4. The molecule has 0 saturated heterocycles. The molecule has 0 saturated carbocycles. The Labute approximate surface area is 122 Å². The van der Waals surface area contributed by atoms with Gasteiger partial charge in [0.25, 0.3) is 0 Å². The minimum Gasteiger partial charge on any atom is -0.374 e. The molecular weight excluding hydrogens is 300 g/mol. The van der Waals surface area contributed by atoms with E-state index in [0.717, 1.165) is 15.6 Å². The average Bonchev–Trinajstić information content (AvgIpc) is 2.39. The molecule has 0 bridgehead atoms. The summed E-state index contributed by atoms with van der Waals surface area (Å²) in [6, 6.07) is 15.5. The molecule has 0 spiro atoms. The highest BCUT2D eigenvalue weighted by molar-refractivity contribution is 9.10. The largest absolute Gasteiger partial charge is 0.374 e. The summed E-state index contributed by atoms with van der Waals surface area (Å²) in [5.41, 5.74) is 1.72. The van der Waals surface area contributed by atoms with Crippen LogP contribution >= 0.6 is 15.9 Å². The molecule has 19 heavy (non-hydrogen) atoms. The summed E-state index contributed by atoms with van der Waals surface area (Å²) in [7, 11) is 0. The number of benzene rings is 2. The zero-order chi connectivity index (χ0) is 13.9. The lowest BCUT2D eigenvalue weighted by Gasteiger charge is -2.16. The fraction of sp³-hybridized carbons (Fsp3) is 0.176. The molecule has 0 aromatic heterocycles. The molecule has 1 nitrogen and oxygen atoms in total.